The lowest BCUT2D eigenvalue weighted by Gasteiger charge is -1.94. The Morgan fingerprint density at radius 1 is 1.50 bits per heavy atom. The van der Waals surface area contributed by atoms with Gasteiger partial charge in [0.2, 0.25) is 0 Å². The van der Waals surface area contributed by atoms with Crippen molar-refractivity contribution >= 4 is 22.4 Å². The van der Waals surface area contributed by atoms with E-state index < -0.39 is 5.82 Å². The number of rotatable bonds is 1. The van der Waals surface area contributed by atoms with Crippen molar-refractivity contribution in [2.24, 2.45) is 0 Å². The molecule has 0 aliphatic carbocycles. The molecule has 0 saturated heterocycles. The number of Topliss-reactive ketones (excluding diaryl/α,β-unsaturated/α-hetero) is 1. The van der Waals surface area contributed by atoms with Gasteiger partial charge in [-0.15, -0.1) is 0 Å². The summed E-state index contributed by atoms with van der Waals surface area (Å²) in [5.74, 6) is -0.640. The zero-order valence-electron chi connectivity index (χ0n) is 7.50. The summed E-state index contributed by atoms with van der Waals surface area (Å²) in [4.78, 5) is 11.0. The number of nitrogen functional groups attached to an aromatic ring is 1. The Bertz CT molecular complexity index is 477. The van der Waals surface area contributed by atoms with Gasteiger partial charge in [-0.25, -0.2) is 4.39 Å². The highest BCUT2D eigenvalue weighted by molar-refractivity contribution is 5.99. The van der Waals surface area contributed by atoms with Gasteiger partial charge in [0.25, 0.3) is 0 Å². The maximum Gasteiger partial charge on any atom is 0.194 e. The molecule has 0 amide bonds. The van der Waals surface area contributed by atoms with Crippen LogP contribution in [0.15, 0.2) is 22.6 Å². The Hall–Kier alpha value is -1.84. The first-order chi connectivity index (χ1) is 6.59. The maximum absolute atomic E-state index is 13.2. The summed E-state index contributed by atoms with van der Waals surface area (Å²) in [5.41, 5.74) is 6.04. The molecule has 1 aromatic carbocycles. The molecule has 0 radical (unpaired) electrons. The Labute approximate surface area is 79.3 Å². The van der Waals surface area contributed by atoms with Crippen LogP contribution < -0.4 is 5.73 Å². The van der Waals surface area contributed by atoms with Gasteiger partial charge in [-0.1, -0.05) is 0 Å². The molecule has 0 bridgehead atoms. The molecular weight excluding hydrogens is 185 g/mol. The molecule has 0 aliphatic rings. The zero-order chi connectivity index (χ0) is 10.3. The van der Waals surface area contributed by atoms with E-state index in [1.165, 1.54) is 25.1 Å². The first-order valence-corrected chi connectivity index (χ1v) is 4.08. The SMILES string of the molecule is CC(=O)c1cc2c(N)ccc(F)c2o1. The van der Waals surface area contributed by atoms with Crippen molar-refractivity contribution < 1.29 is 13.6 Å². The molecule has 0 atom stereocenters. The minimum Gasteiger partial charge on any atom is -0.450 e. The van der Waals surface area contributed by atoms with Gasteiger partial charge < -0.3 is 10.2 Å². The summed E-state index contributed by atoms with van der Waals surface area (Å²) < 4.78 is 18.2. The number of hydrogen-bond acceptors (Lipinski definition) is 3. The Morgan fingerprint density at radius 2 is 2.21 bits per heavy atom. The number of anilines is 1. The van der Waals surface area contributed by atoms with Crippen LogP contribution >= 0.6 is 0 Å². The summed E-state index contributed by atoms with van der Waals surface area (Å²) in [6, 6.07) is 4.11. The monoisotopic (exact) mass is 193 g/mol. The molecule has 1 heterocycles. The summed E-state index contributed by atoms with van der Waals surface area (Å²) in [5, 5.41) is 0.440. The number of carbonyl (C=O) groups excluding carboxylic acids is 1. The quantitative estimate of drug-likeness (QED) is 0.558. The second kappa shape index (κ2) is 2.83. The summed E-state index contributed by atoms with van der Waals surface area (Å²) in [6.07, 6.45) is 0. The highest BCUT2D eigenvalue weighted by atomic mass is 19.1. The van der Waals surface area contributed by atoms with Crippen LogP contribution in [-0.4, -0.2) is 5.78 Å². The molecule has 0 unspecified atom stereocenters. The molecule has 2 rings (SSSR count). The number of carbonyl (C=O) groups is 1. The smallest absolute Gasteiger partial charge is 0.194 e. The van der Waals surface area contributed by atoms with Crippen LogP contribution in [0, 0.1) is 5.82 Å². The Kier molecular flexibility index (Phi) is 1.77. The Balaban J connectivity index is 2.82. The number of fused-ring (bicyclic) bond motifs is 1. The first-order valence-electron chi connectivity index (χ1n) is 4.08. The standard InChI is InChI=1S/C10H8FNO2/c1-5(13)9-4-6-8(12)3-2-7(11)10(6)14-9/h2-4H,12H2,1H3. The minimum absolute atomic E-state index is 0.0372. The number of hydrogen-bond donors (Lipinski definition) is 1. The predicted molar refractivity (Wildman–Crippen MR) is 50.6 cm³/mol. The molecule has 2 aromatic rings. The minimum atomic E-state index is -0.512. The van der Waals surface area contributed by atoms with Crippen molar-refractivity contribution in [2.75, 3.05) is 5.73 Å². The van der Waals surface area contributed by atoms with Crippen LogP contribution in [0.25, 0.3) is 11.0 Å². The molecule has 72 valence electrons. The summed E-state index contributed by atoms with van der Waals surface area (Å²) in [7, 11) is 0. The van der Waals surface area contributed by atoms with Crippen molar-refractivity contribution in [3.63, 3.8) is 0 Å². The van der Waals surface area contributed by atoms with Gasteiger partial charge in [-0.2, -0.15) is 0 Å². The van der Waals surface area contributed by atoms with Crippen molar-refractivity contribution in [3.05, 3.63) is 29.8 Å². The number of ketones is 1. The van der Waals surface area contributed by atoms with Crippen molar-refractivity contribution in [2.45, 2.75) is 6.92 Å². The van der Waals surface area contributed by atoms with Crippen LogP contribution in [0.2, 0.25) is 0 Å². The number of benzene rings is 1. The molecule has 0 saturated carbocycles. The van der Waals surface area contributed by atoms with Gasteiger partial charge in [-0.05, 0) is 18.2 Å². The highest BCUT2D eigenvalue weighted by Crippen LogP contribution is 2.27. The van der Waals surface area contributed by atoms with Gasteiger partial charge in [0.05, 0.1) is 0 Å². The first kappa shape index (κ1) is 8.74. The fraction of sp³-hybridized carbons (Fsp3) is 0.100. The maximum atomic E-state index is 13.2. The van der Waals surface area contributed by atoms with Crippen molar-refractivity contribution in [3.8, 4) is 0 Å². The van der Waals surface area contributed by atoms with E-state index in [-0.39, 0.29) is 17.1 Å². The van der Waals surface area contributed by atoms with Crippen LogP contribution in [0.3, 0.4) is 0 Å². The highest BCUT2D eigenvalue weighted by Gasteiger charge is 2.13. The lowest BCUT2D eigenvalue weighted by molar-refractivity contribution is 0.0989. The summed E-state index contributed by atoms with van der Waals surface area (Å²) in [6.45, 7) is 1.35. The lowest BCUT2D eigenvalue weighted by atomic mass is 10.2. The van der Waals surface area contributed by atoms with E-state index in [4.69, 9.17) is 10.2 Å². The van der Waals surface area contributed by atoms with Gasteiger partial charge in [0.15, 0.2) is 22.9 Å². The van der Waals surface area contributed by atoms with E-state index in [0.717, 1.165) is 0 Å². The predicted octanol–water partition coefficient (Wildman–Crippen LogP) is 2.36. The second-order valence-electron chi connectivity index (χ2n) is 3.05. The van der Waals surface area contributed by atoms with E-state index in [1.54, 1.807) is 0 Å². The molecule has 0 spiro atoms. The number of halogens is 1. The molecule has 1 aromatic heterocycles. The second-order valence-corrected chi connectivity index (χ2v) is 3.05. The van der Waals surface area contributed by atoms with Crippen LogP contribution in [-0.2, 0) is 0 Å². The average Bonchev–Trinajstić information content (AvgIpc) is 2.57. The van der Waals surface area contributed by atoms with Gasteiger partial charge >= 0.3 is 0 Å². The number of nitrogens with two attached hydrogens (primary N) is 1. The van der Waals surface area contributed by atoms with E-state index in [0.29, 0.717) is 11.1 Å². The van der Waals surface area contributed by atoms with Crippen molar-refractivity contribution in [1.82, 2.24) is 0 Å². The fourth-order valence-corrected chi connectivity index (χ4v) is 1.28. The third-order valence-corrected chi connectivity index (χ3v) is 2.02. The Morgan fingerprint density at radius 3 is 2.79 bits per heavy atom. The summed E-state index contributed by atoms with van der Waals surface area (Å²) >= 11 is 0. The van der Waals surface area contributed by atoms with Gasteiger partial charge in [0.1, 0.15) is 0 Å². The van der Waals surface area contributed by atoms with Crippen LogP contribution in [0.5, 0.6) is 0 Å². The van der Waals surface area contributed by atoms with Gasteiger partial charge in [0, 0.05) is 18.0 Å². The molecule has 14 heavy (non-hydrogen) atoms. The molecule has 2 N–H and O–H groups in total. The molecule has 0 fully saturated rings. The molecule has 0 aliphatic heterocycles. The topological polar surface area (TPSA) is 56.2 Å². The zero-order valence-corrected chi connectivity index (χ0v) is 7.50. The van der Waals surface area contributed by atoms with Gasteiger partial charge in [-0.3, -0.25) is 4.79 Å². The van der Waals surface area contributed by atoms with Crippen LogP contribution in [0.4, 0.5) is 10.1 Å². The molecule has 3 nitrogen and oxygen atoms in total. The molecular formula is C10H8FNO2. The average molecular weight is 193 g/mol. The number of furan rings is 1. The van der Waals surface area contributed by atoms with Crippen molar-refractivity contribution in [1.29, 1.82) is 0 Å². The largest absolute Gasteiger partial charge is 0.450 e. The molecule has 4 heteroatoms. The normalized spacial score (nSPS) is 10.7. The third kappa shape index (κ3) is 1.16. The van der Waals surface area contributed by atoms with E-state index in [1.807, 2.05) is 0 Å². The lowest BCUT2D eigenvalue weighted by Crippen LogP contribution is -1.86. The third-order valence-electron chi connectivity index (χ3n) is 2.02. The van der Waals surface area contributed by atoms with E-state index in [9.17, 15) is 9.18 Å². The van der Waals surface area contributed by atoms with E-state index in [2.05, 4.69) is 0 Å². The fourth-order valence-electron chi connectivity index (χ4n) is 1.28. The van der Waals surface area contributed by atoms with Crippen LogP contribution in [0.1, 0.15) is 17.5 Å². The van der Waals surface area contributed by atoms with E-state index >= 15 is 0 Å².